The number of carbonyl (C=O) groups excluding carboxylic acids is 1. The molecule has 6 nitrogen and oxygen atoms in total. The van der Waals surface area contributed by atoms with Crippen LogP contribution in [-0.4, -0.2) is 71.4 Å². The molecule has 0 atom stereocenters. The first kappa shape index (κ1) is 13.6. The Balaban J connectivity index is 1.46. The highest BCUT2D eigenvalue weighted by Gasteiger charge is 2.25. The van der Waals surface area contributed by atoms with Crippen LogP contribution in [0.1, 0.15) is 18.9 Å². The van der Waals surface area contributed by atoms with E-state index >= 15 is 0 Å². The van der Waals surface area contributed by atoms with Gasteiger partial charge in [0, 0.05) is 38.6 Å². The van der Waals surface area contributed by atoms with Gasteiger partial charge in [-0.15, -0.1) is 0 Å². The molecule has 3 heterocycles. The van der Waals surface area contributed by atoms with Crippen LogP contribution in [0.4, 0.5) is 0 Å². The summed E-state index contributed by atoms with van der Waals surface area (Å²) in [6.45, 7) is 5.45. The van der Waals surface area contributed by atoms with Crippen LogP contribution in [0.2, 0.25) is 0 Å². The number of likely N-dealkylation sites (tertiary alicyclic amines) is 1. The predicted octanol–water partition coefficient (Wildman–Crippen LogP) is 0.379. The van der Waals surface area contributed by atoms with Gasteiger partial charge in [0.25, 0.3) is 0 Å². The fraction of sp³-hybridized carbons (Fsp3) is 0.714. The molecule has 110 valence electrons. The number of hydrogen-bond donors (Lipinski definition) is 0. The fourth-order valence-corrected chi connectivity index (χ4v) is 2.93. The van der Waals surface area contributed by atoms with Crippen molar-refractivity contribution in [1.29, 1.82) is 0 Å². The van der Waals surface area contributed by atoms with Crippen molar-refractivity contribution in [1.82, 2.24) is 19.6 Å². The van der Waals surface area contributed by atoms with Gasteiger partial charge in [0.05, 0.1) is 25.8 Å². The molecule has 1 aromatic rings. The molecular weight excluding hydrogens is 256 g/mol. The van der Waals surface area contributed by atoms with Crippen molar-refractivity contribution in [3.63, 3.8) is 0 Å². The second kappa shape index (κ2) is 6.37. The summed E-state index contributed by atoms with van der Waals surface area (Å²) >= 11 is 0. The third kappa shape index (κ3) is 3.19. The Morgan fingerprint density at radius 2 is 1.95 bits per heavy atom. The average Bonchev–Trinajstić information content (AvgIpc) is 3.03. The van der Waals surface area contributed by atoms with Crippen LogP contribution in [0.15, 0.2) is 18.5 Å². The van der Waals surface area contributed by atoms with Crippen LogP contribution < -0.4 is 0 Å². The van der Waals surface area contributed by atoms with Gasteiger partial charge in [-0.2, -0.15) is 5.10 Å². The van der Waals surface area contributed by atoms with Crippen molar-refractivity contribution >= 4 is 5.91 Å². The van der Waals surface area contributed by atoms with Gasteiger partial charge in [0.1, 0.15) is 0 Å². The van der Waals surface area contributed by atoms with E-state index in [4.69, 9.17) is 4.74 Å². The topological polar surface area (TPSA) is 50.6 Å². The lowest BCUT2D eigenvalue weighted by Crippen LogP contribution is -2.47. The lowest BCUT2D eigenvalue weighted by atomic mass is 10.1. The first-order chi connectivity index (χ1) is 9.83. The van der Waals surface area contributed by atoms with Crippen molar-refractivity contribution in [2.45, 2.75) is 18.9 Å². The molecule has 0 N–H and O–H groups in total. The van der Waals surface area contributed by atoms with Crippen LogP contribution in [0.25, 0.3) is 0 Å². The number of rotatable bonds is 3. The number of morpholine rings is 1. The normalized spacial score (nSPS) is 22.1. The zero-order valence-corrected chi connectivity index (χ0v) is 11.8. The number of aromatic nitrogens is 2. The summed E-state index contributed by atoms with van der Waals surface area (Å²) in [6, 6.07) is 2.40. The van der Waals surface area contributed by atoms with Gasteiger partial charge in [-0.05, 0) is 18.9 Å². The maximum atomic E-state index is 12.3. The monoisotopic (exact) mass is 278 g/mol. The van der Waals surface area contributed by atoms with E-state index < -0.39 is 0 Å². The van der Waals surface area contributed by atoms with Crippen LogP contribution in [0.3, 0.4) is 0 Å². The molecule has 0 saturated carbocycles. The van der Waals surface area contributed by atoms with E-state index in [-0.39, 0.29) is 5.91 Å². The van der Waals surface area contributed by atoms with Crippen molar-refractivity contribution in [3.05, 3.63) is 18.5 Å². The van der Waals surface area contributed by atoms with Crippen molar-refractivity contribution in [3.8, 4) is 0 Å². The molecule has 0 aliphatic carbocycles. The number of hydrogen-bond acceptors (Lipinski definition) is 4. The molecule has 0 radical (unpaired) electrons. The standard InChI is InChI=1S/C14H22N4O2/c19-14(12-16-8-10-20-11-9-16)17-6-2-13(3-7-17)18-5-1-4-15-18/h1,4-5,13H,2-3,6-12H2. The SMILES string of the molecule is O=C(CN1CCOCC1)N1CCC(n2cccn2)CC1. The number of ether oxygens (including phenoxy) is 1. The molecule has 6 heteroatoms. The van der Waals surface area contributed by atoms with E-state index in [0.29, 0.717) is 12.6 Å². The van der Waals surface area contributed by atoms with Crippen molar-refractivity contribution < 1.29 is 9.53 Å². The molecular formula is C14H22N4O2. The summed E-state index contributed by atoms with van der Waals surface area (Å²) in [7, 11) is 0. The molecule has 20 heavy (non-hydrogen) atoms. The van der Waals surface area contributed by atoms with Crippen molar-refractivity contribution in [2.75, 3.05) is 45.9 Å². The van der Waals surface area contributed by atoms with Gasteiger partial charge in [-0.3, -0.25) is 14.4 Å². The van der Waals surface area contributed by atoms with Crippen LogP contribution in [0, 0.1) is 0 Å². The minimum atomic E-state index is 0.255. The minimum Gasteiger partial charge on any atom is -0.379 e. The zero-order chi connectivity index (χ0) is 13.8. The molecule has 2 fully saturated rings. The lowest BCUT2D eigenvalue weighted by Gasteiger charge is -2.34. The first-order valence-electron chi connectivity index (χ1n) is 7.40. The molecule has 1 amide bonds. The average molecular weight is 278 g/mol. The summed E-state index contributed by atoms with van der Waals surface area (Å²) < 4.78 is 7.32. The van der Waals surface area contributed by atoms with E-state index in [1.165, 1.54) is 0 Å². The smallest absolute Gasteiger partial charge is 0.236 e. The highest BCUT2D eigenvalue weighted by Crippen LogP contribution is 2.21. The molecule has 2 aliphatic heterocycles. The maximum absolute atomic E-state index is 12.3. The van der Waals surface area contributed by atoms with Crippen LogP contribution >= 0.6 is 0 Å². The minimum absolute atomic E-state index is 0.255. The Hall–Kier alpha value is -1.40. The van der Waals surface area contributed by atoms with E-state index in [0.717, 1.165) is 52.2 Å². The summed E-state index contributed by atoms with van der Waals surface area (Å²) in [5.41, 5.74) is 0. The van der Waals surface area contributed by atoms with Gasteiger partial charge >= 0.3 is 0 Å². The summed E-state index contributed by atoms with van der Waals surface area (Å²) in [4.78, 5) is 16.5. The van der Waals surface area contributed by atoms with Gasteiger partial charge in [-0.25, -0.2) is 0 Å². The molecule has 2 aliphatic rings. The Labute approximate surface area is 119 Å². The van der Waals surface area contributed by atoms with Crippen LogP contribution in [0.5, 0.6) is 0 Å². The second-order valence-electron chi connectivity index (χ2n) is 5.49. The summed E-state index contributed by atoms with van der Waals surface area (Å²) in [6.07, 6.45) is 5.82. The van der Waals surface area contributed by atoms with Crippen molar-refractivity contribution in [2.24, 2.45) is 0 Å². The van der Waals surface area contributed by atoms with Gasteiger partial charge in [0.2, 0.25) is 5.91 Å². The molecule has 3 rings (SSSR count). The molecule has 2 saturated heterocycles. The number of nitrogens with zero attached hydrogens (tertiary/aromatic N) is 4. The second-order valence-corrected chi connectivity index (χ2v) is 5.49. The highest BCUT2D eigenvalue weighted by molar-refractivity contribution is 5.78. The molecule has 0 unspecified atom stereocenters. The molecule has 0 spiro atoms. The van der Waals surface area contributed by atoms with Crippen LogP contribution in [-0.2, 0) is 9.53 Å². The molecule has 1 aromatic heterocycles. The van der Waals surface area contributed by atoms with Gasteiger partial charge < -0.3 is 9.64 Å². The molecule has 0 bridgehead atoms. The highest BCUT2D eigenvalue weighted by atomic mass is 16.5. The number of piperidine rings is 1. The quantitative estimate of drug-likeness (QED) is 0.802. The van der Waals surface area contributed by atoms with Gasteiger partial charge in [-0.1, -0.05) is 0 Å². The summed E-state index contributed by atoms with van der Waals surface area (Å²) in [5, 5.41) is 4.29. The Morgan fingerprint density at radius 1 is 1.20 bits per heavy atom. The van der Waals surface area contributed by atoms with E-state index in [1.54, 1.807) is 0 Å². The van der Waals surface area contributed by atoms with Gasteiger partial charge in [0.15, 0.2) is 0 Å². The Bertz CT molecular complexity index is 420. The van der Waals surface area contributed by atoms with E-state index in [1.807, 2.05) is 28.0 Å². The third-order valence-electron chi connectivity index (χ3n) is 4.18. The largest absolute Gasteiger partial charge is 0.379 e. The number of amides is 1. The fourth-order valence-electron chi connectivity index (χ4n) is 2.93. The summed E-state index contributed by atoms with van der Waals surface area (Å²) in [5.74, 6) is 0.255. The lowest BCUT2D eigenvalue weighted by molar-refractivity contribution is -0.134. The predicted molar refractivity (Wildman–Crippen MR) is 74.3 cm³/mol. The van der Waals surface area contributed by atoms with E-state index in [2.05, 4.69) is 10.00 Å². The Morgan fingerprint density at radius 3 is 2.60 bits per heavy atom. The van der Waals surface area contributed by atoms with E-state index in [9.17, 15) is 4.79 Å². The third-order valence-corrected chi connectivity index (χ3v) is 4.18. The Kier molecular flexibility index (Phi) is 4.32. The zero-order valence-electron chi connectivity index (χ0n) is 11.8. The maximum Gasteiger partial charge on any atom is 0.236 e. The molecule has 0 aromatic carbocycles. The number of carbonyl (C=O) groups is 1. The first-order valence-corrected chi connectivity index (χ1v) is 7.40.